The fraction of sp³-hybridized carbons (Fsp3) is 0.808. The molecule has 0 unspecified atom stereocenters. The molecular formula is C26H43NO3. The second kappa shape index (κ2) is 10.5. The van der Waals surface area contributed by atoms with Crippen LogP contribution in [0.5, 0.6) is 0 Å². The summed E-state index contributed by atoms with van der Waals surface area (Å²) in [6, 6.07) is 0. The van der Waals surface area contributed by atoms with Gasteiger partial charge >= 0.3 is 0 Å². The molecule has 0 saturated heterocycles. The maximum absolute atomic E-state index is 11.7. The number of carbonyl (C=O) groups excluding carboxylic acids is 1. The van der Waals surface area contributed by atoms with Gasteiger partial charge in [-0.3, -0.25) is 4.79 Å². The van der Waals surface area contributed by atoms with Crippen LogP contribution in [-0.2, 0) is 4.79 Å². The van der Waals surface area contributed by atoms with Gasteiger partial charge in [-0.2, -0.15) is 0 Å². The molecule has 1 amide bonds. The highest BCUT2D eigenvalue weighted by Crippen LogP contribution is 2.48. The molecule has 170 valence electrons. The summed E-state index contributed by atoms with van der Waals surface area (Å²) in [6.07, 6.45) is 19.0. The number of fused-ring (bicyclic) bond motifs is 1. The van der Waals surface area contributed by atoms with E-state index in [0.29, 0.717) is 30.6 Å². The van der Waals surface area contributed by atoms with Crippen LogP contribution >= 0.6 is 0 Å². The zero-order chi connectivity index (χ0) is 21.7. The highest BCUT2D eigenvalue weighted by atomic mass is 16.3. The van der Waals surface area contributed by atoms with Crippen molar-refractivity contribution in [3.05, 3.63) is 23.8 Å². The van der Waals surface area contributed by atoms with Gasteiger partial charge in [0.1, 0.15) is 0 Å². The van der Waals surface area contributed by atoms with Crippen LogP contribution in [0.1, 0.15) is 84.0 Å². The van der Waals surface area contributed by atoms with Gasteiger partial charge in [0, 0.05) is 26.4 Å². The van der Waals surface area contributed by atoms with Gasteiger partial charge in [0.25, 0.3) is 0 Å². The molecule has 0 aromatic carbocycles. The fourth-order valence-corrected chi connectivity index (χ4v) is 6.00. The van der Waals surface area contributed by atoms with E-state index in [1.807, 2.05) is 21.0 Å². The molecule has 3 aliphatic carbocycles. The van der Waals surface area contributed by atoms with Gasteiger partial charge in [-0.1, -0.05) is 43.1 Å². The minimum absolute atomic E-state index is 0.209. The lowest BCUT2D eigenvalue weighted by molar-refractivity contribution is -0.128. The van der Waals surface area contributed by atoms with E-state index in [9.17, 15) is 15.0 Å². The number of rotatable bonds is 9. The lowest BCUT2D eigenvalue weighted by atomic mass is 9.76. The summed E-state index contributed by atoms with van der Waals surface area (Å²) in [7, 11) is 3.63. The Morgan fingerprint density at radius 1 is 1.23 bits per heavy atom. The molecule has 0 radical (unpaired) electrons. The number of aliphatic hydroxyl groups is 2. The first-order chi connectivity index (χ1) is 14.3. The number of hydrogen-bond donors (Lipinski definition) is 2. The predicted octanol–water partition coefficient (Wildman–Crippen LogP) is 4.86. The molecule has 4 heteroatoms. The van der Waals surface area contributed by atoms with Crippen LogP contribution in [0.4, 0.5) is 0 Å². The number of carbonyl (C=O) groups is 1. The quantitative estimate of drug-likeness (QED) is 0.416. The second-order valence-corrected chi connectivity index (χ2v) is 10.6. The molecule has 3 rings (SSSR count). The first-order valence-electron chi connectivity index (χ1n) is 12.2. The molecule has 5 atom stereocenters. The van der Waals surface area contributed by atoms with Crippen LogP contribution < -0.4 is 0 Å². The molecule has 0 aromatic heterocycles. The predicted molar refractivity (Wildman–Crippen MR) is 122 cm³/mol. The molecule has 30 heavy (non-hydrogen) atoms. The lowest BCUT2D eigenvalue weighted by Gasteiger charge is -2.35. The molecule has 0 heterocycles. The van der Waals surface area contributed by atoms with E-state index in [0.717, 1.165) is 44.9 Å². The van der Waals surface area contributed by atoms with Crippen molar-refractivity contribution in [3.8, 4) is 0 Å². The summed E-state index contributed by atoms with van der Waals surface area (Å²) in [5, 5.41) is 21.6. The van der Waals surface area contributed by atoms with Crippen molar-refractivity contribution in [2.24, 2.45) is 23.7 Å². The first-order valence-corrected chi connectivity index (χ1v) is 12.2. The maximum Gasteiger partial charge on any atom is 0.222 e. The zero-order valence-electron chi connectivity index (χ0n) is 19.4. The molecular weight excluding hydrogens is 374 g/mol. The zero-order valence-corrected chi connectivity index (χ0v) is 19.4. The number of hydrogen-bond acceptors (Lipinski definition) is 3. The van der Waals surface area contributed by atoms with E-state index in [1.165, 1.54) is 24.8 Å². The van der Waals surface area contributed by atoms with E-state index >= 15 is 0 Å². The molecule has 2 fully saturated rings. The first kappa shape index (κ1) is 23.5. The monoisotopic (exact) mass is 417 g/mol. The van der Waals surface area contributed by atoms with Gasteiger partial charge in [-0.05, 0) is 76.0 Å². The smallest absolute Gasteiger partial charge is 0.222 e. The Morgan fingerprint density at radius 2 is 1.97 bits per heavy atom. The SMILES string of the molecule is CN(C)C(=O)CCCCC1=C[C@H]2C[C@@H](O)[C@H](/C=C/C[C@@](C)(O)C3CCCCC3)[C@H]2C1. The summed E-state index contributed by atoms with van der Waals surface area (Å²) in [5.74, 6) is 1.84. The third-order valence-corrected chi connectivity index (χ3v) is 7.96. The maximum atomic E-state index is 11.7. The Kier molecular flexibility index (Phi) is 8.20. The normalized spacial score (nSPS) is 31.6. The molecule has 2 N–H and O–H groups in total. The Balaban J connectivity index is 1.45. The Labute approximate surface area is 183 Å². The topological polar surface area (TPSA) is 60.8 Å². The Hall–Kier alpha value is -1.13. The van der Waals surface area contributed by atoms with Crippen molar-refractivity contribution in [2.45, 2.75) is 95.7 Å². The summed E-state index contributed by atoms with van der Waals surface area (Å²) in [4.78, 5) is 13.4. The average molecular weight is 418 g/mol. The van der Waals surface area contributed by atoms with E-state index in [-0.39, 0.29) is 17.9 Å². The minimum atomic E-state index is -0.622. The number of amides is 1. The van der Waals surface area contributed by atoms with E-state index in [2.05, 4.69) is 18.2 Å². The van der Waals surface area contributed by atoms with Gasteiger partial charge in [0.05, 0.1) is 11.7 Å². The van der Waals surface area contributed by atoms with Crippen LogP contribution in [0.3, 0.4) is 0 Å². The van der Waals surface area contributed by atoms with Gasteiger partial charge in [-0.25, -0.2) is 0 Å². The summed E-state index contributed by atoms with van der Waals surface area (Å²) in [5.41, 5.74) is 0.893. The molecule has 2 saturated carbocycles. The largest absolute Gasteiger partial charge is 0.392 e. The molecule has 0 spiro atoms. The summed E-state index contributed by atoms with van der Waals surface area (Å²) in [6.45, 7) is 2.00. The standard InChI is InChI=1S/C26H43NO3/c1-26(30,21-11-5-4-6-12-21)15-9-13-22-23-17-19(16-20(23)18-24(22)28)10-7-8-14-25(29)27(2)3/h9,13,16,20-24,28,30H,4-8,10-12,14-15,17-18H2,1-3H3/b13-9+/t20-,22+,23-,24+,26+/m0/s1. The Morgan fingerprint density at radius 3 is 2.67 bits per heavy atom. The van der Waals surface area contributed by atoms with Gasteiger partial charge in [0.2, 0.25) is 5.91 Å². The number of unbranched alkanes of at least 4 members (excludes halogenated alkanes) is 1. The molecule has 3 aliphatic rings. The van der Waals surface area contributed by atoms with Gasteiger partial charge in [0.15, 0.2) is 0 Å². The van der Waals surface area contributed by atoms with Crippen molar-refractivity contribution in [3.63, 3.8) is 0 Å². The second-order valence-electron chi connectivity index (χ2n) is 10.6. The molecule has 0 aromatic rings. The summed E-state index contributed by atoms with van der Waals surface area (Å²) < 4.78 is 0. The van der Waals surface area contributed by atoms with E-state index < -0.39 is 5.60 Å². The summed E-state index contributed by atoms with van der Waals surface area (Å²) >= 11 is 0. The van der Waals surface area contributed by atoms with Crippen LogP contribution in [-0.4, -0.2) is 46.8 Å². The van der Waals surface area contributed by atoms with Crippen LogP contribution in [0.2, 0.25) is 0 Å². The Bertz CT molecular complexity index is 630. The van der Waals surface area contributed by atoms with Crippen molar-refractivity contribution in [1.29, 1.82) is 0 Å². The third kappa shape index (κ3) is 5.97. The molecule has 4 nitrogen and oxygen atoms in total. The van der Waals surface area contributed by atoms with E-state index in [4.69, 9.17) is 0 Å². The van der Waals surface area contributed by atoms with Crippen LogP contribution in [0.15, 0.2) is 23.8 Å². The highest BCUT2D eigenvalue weighted by molar-refractivity contribution is 5.75. The van der Waals surface area contributed by atoms with Gasteiger partial charge < -0.3 is 15.1 Å². The van der Waals surface area contributed by atoms with Crippen molar-refractivity contribution in [1.82, 2.24) is 4.90 Å². The number of allylic oxidation sites excluding steroid dienone is 2. The van der Waals surface area contributed by atoms with Crippen molar-refractivity contribution < 1.29 is 15.0 Å². The van der Waals surface area contributed by atoms with Crippen LogP contribution in [0, 0.1) is 23.7 Å². The third-order valence-electron chi connectivity index (χ3n) is 7.96. The van der Waals surface area contributed by atoms with Crippen molar-refractivity contribution >= 4 is 5.91 Å². The van der Waals surface area contributed by atoms with Crippen molar-refractivity contribution in [2.75, 3.05) is 14.1 Å². The fourth-order valence-electron chi connectivity index (χ4n) is 6.00. The van der Waals surface area contributed by atoms with Gasteiger partial charge in [-0.15, -0.1) is 0 Å². The van der Waals surface area contributed by atoms with E-state index in [1.54, 1.807) is 4.90 Å². The average Bonchev–Trinajstić information content (AvgIpc) is 3.23. The number of nitrogens with zero attached hydrogens (tertiary/aromatic N) is 1. The molecule has 0 aliphatic heterocycles. The van der Waals surface area contributed by atoms with Crippen LogP contribution in [0.25, 0.3) is 0 Å². The number of aliphatic hydroxyl groups excluding tert-OH is 1. The molecule has 0 bridgehead atoms. The highest BCUT2D eigenvalue weighted by Gasteiger charge is 2.43. The lowest BCUT2D eigenvalue weighted by Crippen LogP contribution is -2.35. The minimum Gasteiger partial charge on any atom is -0.392 e.